The van der Waals surface area contributed by atoms with Gasteiger partial charge in [-0.2, -0.15) is 0 Å². The molecule has 0 radical (unpaired) electrons. The van der Waals surface area contributed by atoms with E-state index in [9.17, 15) is 10.1 Å². The number of nitrogens with one attached hydrogen (secondary N) is 2. The summed E-state index contributed by atoms with van der Waals surface area (Å²) in [6.45, 7) is 8.61. The van der Waals surface area contributed by atoms with Crippen molar-refractivity contribution in [3.63, 3.8) is 0 Å². The molecule has 114 valence electrons. The maximum atomic E-state index is 10.2. The summed E-state index contributed by atoms with van der Waals surface area (Å²) < 4.78 is 1.67. The summed E-state index contributed by atoms with van der Waals surface area (Å²) in [5.41, 5.74) is 2.39. The molecule has 0 unspecified atom stereocenters. The van der Waals surface area contributed by atoms with Crippen molar-refractivity contribution >= 4 is 62.5 Å². The van der Waals surface area contributed by atoms with E-state index < -0.39 is 5.03 Å². The third-order valence-electron chi connectivity index (χ3n) is 1.88. The standard InChI is InChI=1S/C6H3ClI2N2O2.C6H15N/c7-4-1-3(8)2-5(9)6(4)10-11(12)13;1-5(2)7-6(3)4/h1-2,10H;5-7H,1-4H3. The van der Waals surface area contributed by atoms with Crippen LogP contribution >= 0.6 is 56.8 Å². The molecule has 1 aromatic carbocycles. The topological polar surface area (TPSA) is 67.2 Å². The number of nitrogens with zero attached hydrogens (tertiary/aromatic N) is 1. The maximum Gasteiger partial charge on any atom is 0.162 e. The zero-order chi connectivity index (χ0) is 15.9. The van der Waals surface area contributed by atoms with Crippen molar-refractivity contribution in [2.75, 3.05) is 5.43 Å². The molecule has 0 aliphatic carbocycles. The first-order valence-electron chi connectivity index (χ1n) is 5.95. The Balaban J connectivity index is 0.000000441. The van der Waals surface area contributed by atoms with Crippen molar-refractivity contribution in [3.8, 4) is 0 Å². The van der Waals surface area contributed by atoms with Crippen molar-refractivity contribution in [2.24, 2.45) is 0 Å². The summed E-state index contributed by atoms with van der Waals surface area (Å²) in [6, 6.07) is 4.72. The zero-order valence-corrected chi connectivity index (χ0v) is 16.8. The van der Waals surface area contributed by atoms with E-state index in [1.54, 1.807) is 12.1 Å². The number of halogens is 3. The first-order chi connectivity index (χ1) is 9.13. The molecule has 0 aliphatic rings. The quantitative estimate of drug-likeness (QED) is 0.344. The van der Waals surface area contributed by atoms with E-state index in [1.807, 2.05) is 28.0 Å². The average molecular weight is 526 g/mol. The van der Waals surface area contributed by atoms with Crippen LogP contribution in [0.4, 0.5) is 5.69 Å². The van der Waals surface area contributed by atoms with Gasteiger partial charge >= 0.3 is 0 Å². The number of anilines is 1. The monoisotopic (exact) mass is 525 g/mol. The van der Waals surface area contributed by atoms with Gasteiger partial charge in [-0.15, -0.1) is 5.43 Å². The molecule has 0 saturated heterocycles. The molecule has 1 aromatic rings. The molecule has 0 amide bonds. The fourth-order valence-electron chi connectivity index (χ4n) is 1.41. The summed E-state index contributed by atoms with van der Waals surface area (Å²) in [7, 11) is 0. The van der Waals surface area contributed by atoms with Crippen molar-refractivity contribution in [2.45, 2.75) is 39.8 Å². The second-order valence-electron chi connectivity index (χ2n) is 4.59. The lowest BCUT2D eigenvalue weighted by Crippen LogP contribution is -2.29. The fraction of sp³-hybridized carbons (Fsp3) is 0.500. The predicted molar refractivity (Wildman–Crippen MR) is 101 cm³/mol. The average Bonchev–Trinajstić information content (AvgIpc) is 2.21. The van der Waals surface area contributed by atoms with Crippen LogP contribution in [0.1, 0.15) is 27.7 Å². The Bertz CT molecular complexity index is 427. The minimum absolute atomic E-state index is 0.340. The lowest BCUT2D eigenvalue weighted by Gasteiger charge is -2.10. The largest absolute Gasteiger partial charge is 0.312 e. The number of nitro groups is 1. The molecular formula is C12H18ClI2N3O2. The number of rotatable bonds is 4. The van der Waals surface area contributed by atoms with Crippen molar-refractivity contribution < 1.29 is 5.03 Å². The van der Waals surface area contributed by atoms with Crippen LogP contribution in [0.2, 0.25) is 5.02 Å². The molecule has 0 spiro atoms. The Morgan fingerprint density at radius 1 is 1.20 bits per heavy atom. The highest BCUT2D eigenvalue weighted by Crippen LogP contribution is 2.29. The zero-order valence-electron chi connectivity index (χ0n) is 11.7. The second kappa shape index (κ2) is 9.96. The third-order valence-corrected chi connectivity index (χ3v) is 3.65. The second-order valence-corrected chi connectivity index (χ2v) is 7.40. The highest BCUT2D eigenvalue weighted by Gasteiger charge is 2.10. The van der Waals surface area contributed by atoms with Crippen LogP contribution in [0.3, 0.4) is 0 Å². The minimum Gasteiger partial charge on any atom is -0.312 e. The summed E-state index contributed by atoms with van der Waals surface area (Å²) in [4.78, 5) is 10.2. The van der Waals surface area contributed by atoms with Gasteiger partial charge in [-0.3, -0.25) is 0 Å². The molecule has 0 aliphatic heterocycles. The highest BCUT2D eigenvalue weighted by atomic mass is 127. The molecule has 1 rings (SSSR count). The lowest BCUT2D eigenvalue weighted by atomic mass is 10.3. The third kappa shape index (κ3) is 9.14. The maximum absolute atomic E-state index is 10.2. The predicted octanol–water partition coefficient (Wildman–Crippen LogP) is 4.55. The van der Waals surface area contributed by atoms with E-state index in [2.05, 4.69) is 55.6 Å². The van der Waals surface area contributed by atoms with Gasteiger partial charge in [0.1, 0.15) is 5.69 Å². The van der Waals surface area contributed by atoms with E-state index in [1.165, 1.54) is 0 Å². The van der Waals surface area contributed by atoms with Crippen LogP contribution in [0.25, 0.3) is 0 Å². The van der Waals surface area contributed by atoms with Crippen molar-refractivity contribution in [3.05, 3.63) is 34.4 Å². The van der Waals surface area contributed by atoms with Crippen molar-refractivity contribution in [1.82, 2.24) is 5.32 Å². The molecule has 8 heteroatoms. The molecule has 2 N–H and O–H groups in total. The number of hydrogen-bond donors (Lipinski definition) is 2. The summed E-state index contributed by atoms with van der Waals surface area (Å²) in [6.07, 6.45) is 0. The van der Waals surface area contributed by atoms with Crippen LogP contribution in [0.15, 0.2) is 12.1 Å². The van der Waals surface area contributed by atoms with Gasteiger partial charge in [-0.05, 0) is 57.3 Å². The SMILES string of the molecule is CC(C)NC(C)C.O=[N+]([O-])Nc1c(Cl)cc(I)cc1I. The molecule has 5 nitrogen and oxygen atoms in total. The summed E-state index contributed by atoms with van der Waals surface area (Å²) >= 11 is 9.89. The smallest absolute Gasteiger partial charge is 0.162 e. The van der Waals surface area contributed by atoms with Crippen LogP contribution in [0.5, 0.6) is 0 Å². The Morgan fingerprint density at radius 3 is 2.00 bits per heavy atom. The van der Waals surface area contributed by atoms with Gasteiger partial charge in [0.2, 0.25) is 0 Å². The molecule has 0 saturated carbocycles. The van der Waals surface area contributed by atoms with Crippen LogP contribution in [-0.4, -0.2) is 17.1 Å². The Kier molecular flexibility index (Phi) is 10.0. The van der Waals surface area contributed by atoms with Crippen molar-refractivity contribution in [1.29, 1.82) is 0 Å². The molecule has 0 bridgehead atoms. The first kappa shape index (κ1) is 20.1. The lowest BCUT2D eigenvalue weighted by molar-refractivity contribution is -0.445. The van der Waals surface area contributed by atoms with Crippen LogP contribution < -0.4 is 10.7 Å². The molecular weight excluding hydrogens is 507 g/mol. The molecule has 0 aromatic heterocycles. The number of hydrazine groups is 1. The summed E-state index contributed by atoms with van der Waals surface area (Å²) in [5, 5.41) is 13.2. The van der Waals surface area contributed by atoms with E-state index in [0.717, 1.165) is 7.14 Å². The Labute approximate surface area is 151 Å². The molecule has 20 heavy (non-hydrogen) atoms. The van der Waals surface area contributed by atoms with Gasteiger partial charge in [0.25, 0.3) is 0 Å². The van der Waals surface area contributed by atoms with Gasteiger partial charge in [-0.25, -0.2) is 10.1 Å². The fourth-order valence-corrected chi connectivity index (χ4v) is 3.98. The molecule has 0 atom stereocenters. The molecule has 0 heterocycles. The van der Waals surface area contributed by atoms with E-state index in [-0.39, 0.29) is 0 Å². The van der Waals surface area contributed by atoms with Gasteiger partial charge < -0.3 is 5.32 Å². The molecule has 0 fully saturated rings. The van der Waals surface area contributed by atoms with E-state index >= 15 is 0 Å². The number of benzene rings is 1. The Morgan fingerprint density at radius 2 is 1.70 bits per heavy atom. The van der Waals surface area contributed by atoms with Crippen LogP contribution in [-0.2, 0) is 0 Å². The Hall–Kier alpha value is 0.130. The van der Waals surface area contributed by atoms with Gasteiger partial charge in [-0.1, -0.05) is 39.3 Å². The normalized spacial score (nSPS) is 10.2. The highest BCUT2D eigenvalue weighted by molar-refractivity contribution is 14.1. The summed E-state index contributed by atoms with van der Waals surface area (Å²) in [5.74, 6) is 0. The van der Waals surface area contributed by atoms with Gasteiger partial charge in [0.15, 0.2) is 5.03 Å². The van der Waals surface area contributed by atoms with Gasteiger partial charge in [0.05, 0.1) is 5.02 Å². The minimum atomic E-state index is -0.629. The van der Waals surface area contributed by atoms with E-state index in [4.69, 9.17) is 11.6 Å². The van der Waals surface area contributed by atoms with E-state index in [0.29, 0.717) is 22.8 Å². The van der Waals surface area contributed by atoms with Crippen LogP contribution in [0, 0.1) is 17.3 Å². The van der Waals surface area contributed by atoms with Gasteiger partial charge in [0, 0.05) is 19.2 Å². The number of hydrogen-bond acceptors (Lipinski definition) is 3. The first-order valence-corrected chi connectivity index (χ1v) is 8.48.